The van der Waals surface area contributed by atoms with Crippen LogP contribution in [0.2, 0.25) is 0 Å². The van der Waals surface area contributed by atoms with E-state index < -0.39 is 0 Å². The summed E-state index contributed by atoms with van der Waals surface area (Å²) in [6, 6.07) is 0.564. The zero-order chi connectivity index (χ0) is 12.0. The van der Waals surface area contributed by atoms with E-state index >= 15 is 0 Å². The SMILES string of the molecule is CCC(CC)N(CCO)Cc1cnc(C)s1. The summed E-state index contributed by atoms with van der Waals surface area (Å²) in [5, 5.41) is 10.2. The number of aliphatic hydroxyl groups is 1. The number of hydrogen-bond acceptors (Lipinski definition) is 4. The molecule has 16 heavy (non-hydrogen) atoms. The highest BCUT2D eigenvalue weighted by Gasteiger charge is 2.15. The first kappa shape index (κ1) is 13.6. The van der Waals surface area contributed by atoms with Gasteiger partial charge in [-0.15, -0.1) is 11.3 Å². The molecule has 0 bridgehead atoms. The molecule has 1 aromatic rings. The summed E-state index contributed by atoms with van der Waals surface area (Å²) in [7, 11) is 0. The van der Waals surface area contributed by atoms with Crippen LogP contribution in [0, 0.1) is 6.92 Å². The molecule has 4 heteroatoms. The number of hydrogen-bond donors (Lipinski definition) is 1. The van der Waals surface area contributed by atoms with Gasteiger partial charge in [0.25, 0.3) is 0 Å². The molecule has 1 N–H and O–H groups in total. The van der Waals surface area contributed by atoms with Gasteiger partial charge >= 0.3 is 0 Å². The lowest BCUT2D eigenvalue weighted by Gasteiger charge is -2.29. The predicted molar refractivity (Wildman–Crippen MR) is 68.7 cm³/mol. The molecule has 1 rings (SSSR count). The van der Waals surface area contributed by atoms with E-state index in [-0.39, 0.29) is 6.61 Å². The van der Waals surface area contributed by atoms with Crippen LogP contribution in [0.4, 0.5) is 0 Å². The van der Waals surface area contributed by atoms with Gasteiger partial charge in [-0.05, 0) is 19.8 Å². The highest BCUT2D eigenvalue weighted by molar-refractivity contribution is 7.11. The zero-order valence-electron chi connectivity index (χ0n) is 10.4. The monoisotopic (exact) mass is 242 g/mol. The molecule has 0 fully saturated rings. The fourth-order valence-corrected chi connectivity index (χ4v) is 2.82. The van der Waals surface area contributed by atoms with Crippen molar-refractivity contribution in [2.45, 2.75) is 46.2 Å². The van der Waals surface area contributed by atoms with Crippen LogP contribution in [-0.4, -0.2) is 34.2 Å². The molecule has 0 aliphatic rings. The Kier molecular flexibility index (Phi) is 5.95. The summed E-state index contributed by atoms with van der Waals surface area (Å²) in [5.74, 6) is 0. The van der Waals surface area contributed by atoms with E-state index in [1.165, 1.54) is 4.88 Å². The molecule has 0 radical (unpaired) electrons. The molecule has 0 spiro atoms. The Morgan fingerprint density at radius 3 is 2.56 bits per heavy atom. The molecule has 0 aliphatic heterocycles. The normalized spacial score (nSPS) is 11.6. The number of rotatable bonds is 7. The van der Waals surface area contributed by atoms with Crippen molar-refractivity contribution in [3.05, 3.63) is 16.1 Å². The Balaban J connectivity index is 2.63. The van der Waals surface area contributed by atoms with E-state index in [0.717, 1.165) is 30.9 Å². The molecule has 0 saturated carbocycles. The van der Waals surface area contributed by atoms with Crippen molar-refractivity contribution in [1.29, 1.82) is 0 Å². The van der Waals surface area contributed by atoms with Crippen molar-refractivity contribution >= 4 is 11.3 Å². The molecule has 0 atom stereocenters. The lowest BCUT2D eigenvalue weighted by molar-refractivity contribution is 0.137. The van der Waals surface area contributed by atoms with Gasteiger partial charge in [0.1, 0.15) is 0 Å². The van der Waals surface area contributed by atoms with Crippen molar-refractivity contribution in [1.82, 2.24) is 9.88 Å². The van der Waals surface area contributed by atoms with E-state index in [0.29, 0.717) is 6.04 Å². The van der Waals surface area contributed by atoms with Crippen LogP contribution >= 0.6 is 11.3 Å². The molecule has 92 valence electrons. The second kappa shape index (κ2) is 6.99. The van der Waals surface area contributed by atoms with Crippen LogP contribution < -0.4 is 0 Å². The van der Waals surface area contributed by atoms with Gasteiger partial charge in [0.05, 0.1) is 11.6 Å². The summed E-state index contributed by atoms with van der Waals surface area (Å²) >= 11 is 1.75. The lowest BCUT2D eigenvalue weighted by atomic mass is 10.1. The number of thiazole rings is 1. The highest BCUT2D eigenvalue weighted by Crippen LogP contribution is 2.17. The maximum absolute atomic E-state index is 9.11. The van der Waals surface area contributed by atoms with Crippen molar-refractivity contribution in [2.75, 3.05) is 13.2 Å². The molecule has 0 unspecified atom stereocenters. The summed E-state index contributed by atoms with van der Waals surface area (Å²) in [6.07, 6.45) is 4.22. The molecular formula is C12H22N2OS. The average molecular weight is 242 g/mol. The van der Waals surface area contributed by atoms with E-state index in [9.17, 15) is 0 Å². The van der Waals surface area contributed by atoms with Gasteiger partial charge in [0.15, 0.2) is 0 Å². The van der Waals surface area contributed by atoms with Crippen LogP contribution in [-0.2, 0) is 6.54 Å². The van der Waals surface area contributed by atoms with Crippen LogP contribution in [0.15, 0.2) is 6.20 Å². The van der Waals surface area contributed by atoms with Gasteiger partial charge in [0.2, 0.25) is 0 Å². The van der Waals surface area contributed by atoms with E-state index in [1.54, 1.807) is 11.3 Å². The quantitative estimate of drug-likeness (QED) is 0.798. The Bertz CT molecular complexity index is 297. The number of nitrogens with zero attached hydrogens (tertiary/aromatic N) is 2. The molecule has 3 nitrogen and oxygen atoms in total. The van der Waals surface area contributed by atoms with Gasteiger partial charge in [0, 0.05) is 30.2 Å². The predicted octanol–water partition coefficient (Wildman–Crippen LogP) is 2.43. The van der Waals surface area contributed by atoms with Crippen molar-refractivity contribution in [3.8, 4) is 0 Å². The molecule has 0 amide bonds. The first-order valence-corrected chi connectivity index (χ1v) is 6.79. The number of aryl methyl sites for hydroxylation is 1. The Labute approximate surface area is 102 Å². The van der Waals surface area contributed by atoms with Gasteiger partial charge in [-0.25, -0.2) is 4.98 Å². The maximum Gasteiger partial charge on any atom is 0.0897 e. The smallest absolute Gasteiger partial charge is 0.0897 e. The van der Waals surface area contributed by atoms with Gasteiger partial charge < -0.3 is 5.11 Å². The topological polar surface area (TPSA) is 36.4 Å². The van der Waals surface area contributed by atoms with Crippen molar-refractivity contribution in [2.24, 2.45) is 0 Å². The second-order valence-corrected chi connectivity index (χ2v) is 5.33. The van der Waals surface area contributed by atoms with Gasteiger partial charge in [-0.3, -0.25) is 4.90 Å². The van der Waals surface area contributed by atoms with Crippen LogP contribution in [0.3, 0.4) is 0 Å². The third-order valence-corrected chi connectivity index (χ3v) is 3.77. The maximum atomic E-state index is 9.11. The molecular weight excluding hydrogens is 220 g/mol. The van der Waals surface area contributed by atoms with Crippen LogP contribution in [0.1, 0.15) is 36.6 Å². The Hall–Kier alpha value is -0.450. The third kappa shape index (κ3) is 3.85. The van der Waals surface area contributed by atoms with Crippen molar-refractivity contribution in [3.63, 3.8) is 0 Å². The number of aromatic nitrogens is 1. The fraction of sp³-hybridized carbons (Fsp3) is 0.750. The first-order valence-electron chi connectivity index (χ1n) is 5.97. The van der Waals surface area contributed by atoms with E-state index in [4.69, 9.17) is 5.11 Å². The minimum atomic E-state index is 0.230. The molecule has 1 aromatic heterocycles. The minimum Gasteiger partial charge on any atom is -0.395 e. The lowest BCUT2D eigenvalue weighted by Crippen LogP contribution is -2.35. The second-order valence-electron chi connectivity index (χ2n) is 4.01. The summed E-state index contributed by atoms with van der Waals surface area (Å²) in [4.78, 5) is 7.91. The summed E-state index contributed by atoms with van der Waals surface area (Å²) < 4.78 is 0. The average Bonchev–Trinajstić information content (AvgIpc) is 2.66. The van der Waals surface area contributed by atoms with Gasteiger partial charge in [-0.1, -0.05) is 13.8 Å². The molecule has 0 aliphatic carbocycles. The third-order valence-electron chi connectivity index (χ3n) is 2.87. The van der Waals surface area contributed by atoms with Crippen LogP contribution in [0.25, 0.3) is 0 Å². The summed E-state index contributed by atoms with van der Waals surface area (Å²) in [5.41, 5.74) is 0. The van der Waals surface area contributed by atoms with Gasteiger partial charge in [-0.2, -0.15) is 0 Å². The highest BCUT2D eigenvalue weighted by atomic mass is 32.1. The Morgan fingerprint density at radius 1 is 1.44 bits per heavy atom. The first-order chi connectivity index (χ1) is 7.71. The largest absolute Gasteiger partial charge is 0.395 e. The standard InChI is InChI=1S/C12H22N2OS/c1-4-11(5-2)14(6-7-15)9-12-8-13-10(3)16-12/h8,11,15H,4-7,9H2,1-3H3. The molecule has 1 heterocycles. The molecule has 0 aromatic carbocycles. The zero-order valence-corrected chi connectivity index (χ0v) is 11.3. The van der Waals surface area contributed by atoms with E-state index in [1.807, 2.05) is 13.1 Å². The van der Waals surface area contributed by atoms with Crippen LogP contribution in [0.5, 0.6) is 0 Å². The fourth-order valence-electron chi connectivity index (χ4n) is 2.00. The molecule has 0 saturated heterocycles. The van der Waals surface area contributed by atoms with E-state index in [2.05, 4.69) is 23.7 Å². The Morgan fingerprint density at radius 2 is 2.12 bits per heavy atom. The summed E-state index contributed by atoms with van der Waals surface area (Å²) in [6.45, 7) is 8.34. The number of aliphatic hydroxyl groups excluding tert-OH is 1. The van der Waals surface area contributed by atoms with Crippen molar-refractivity contribution < 1.29 is 5.11 Å². The minimum absolute atomic E-state index is 0.230.